The largest absolute Gasteiger partial charge is 0.340 e. The summed E-state index contributed by atoms with van der Waals surface area (Å²) in [5.41, 5.74) is 0. The van der Waals surface area contributed by atoms with Gasteiger partial charge in [0.25, 0.3) is 0 Å². The first kappa shape index (κ1) is 14.3. The van der Waals surface area contributed by atoms with Gasteiger partial charge in [-0.15, -0.1) is 0 Å². The molecule has 0 aromatic carbocycles. The van der Waals surface area contributed by atoms with Crippen LogP contribution in [0.4, 0.5) is 0 Å². The zero-order valence-electron chi connectivity index (χ0n) is 12.1. The predicted octanol–water partition coefficient (Wildman–Crippen LogP) is 0.506. The summed E-state index contributed by atoms with van der Waals surface area (Å²) in [7, 11) is -2.98. The molecule has 0 atom stereocenters. The summed E-state index contributed by atoms with van der Waals surface area (Å²) in [6.07, 6.45) is 7.81. The van der Waals surface area contributed by atoms with Gasteiger partial charge in [0.2, 0.25) is 5.91 Å². The number of nitrogens with zero attached hydrogens (tertiary/aromatic N) is 2. The quantitative estimate of drug-likeness (QED) is 0.762. The molecule has 3 fully saturated rings. The summed E-state index contributed by atoms with van der Waals surface area (Å²) in [5.74, 6) is 0.273. The lowest BCUT2D eigenvalue weighted by molar-refractivity contribution is -0.145. The molecule has 0 unspecified atom stereocenters. The Labute approximate surface area is 121 Å². The predicted molar refractivity (Wildman–Crippen MR) is 77.1 cm³/mol. The molecule has 0 aromatic heterocycles. The van der Waals surface area contributed by atoms with Crippen molar-refractivity contribution >= 4 is 15.7 Å². The van der Waals surface area contributed by atoms with E-state index in [0.29, 0.717) is 19.1 Å². The molecule has 0 spiro atoms. The fraction of sp³-hybridized carbons (Fsp3) is 0.929. The topological polar surface area (TPSA) is 57.7 Å². The average Bonchev–Trinajstić information content (AvgIpc) is 2.24. The van der Waals surface area contributed by atoms with Crippen LogP contribution in [-0.4, -0.2) is 67.9 Å². The second-order valence-electron chi connectivity index (χ2n) is 6.64. The van der Waals surface area contributed by atoms with Crippen molar-refractivity contribution in [1.82, 2.24) is 9.80 Å². The third-order valence-corrected chi connectivity index (χ3v) is 6.62. The molecule has 5 nitrogen and oxygen atoms in total. The third-order valence-electron chi connectivity index (χ3n) is 5.12. The highest BCUT2D eigenvalue weighted by atomic mass is 32.2. The van der Waals surface area contributed by atoms with Gasteiger partial charge < -0.3 is 4.90 Å². The summed E-state index contributed by atoms with van der Waals surface area (Å²) in [6, 6.07) is 0.688. The van der Waals surface area contributed by atoms with Crippen LogP contribution in [0.1, 0.15) is 32.1 Å². The summed E-state index contributed by atoms with van der Waals surface area (Å²) in [6.45, 7) is 2.56. The van der Waals surface area contributed by atoms with Gasteiger partial charge in [-0.25, -0.2) is 8.42 Å². The molecule has 0 radical (unpaired) electrons. The minimum absolute atomic E-state index is 0.109. The van der Waals surface area contributed by atoms with Gasteiger partial charge >= 0.3 is 0 Å². The molecule has 1 saturated carbocycles. The summed E-state index contributed by atoms with van der Waals surface area (Å²) >= 11 is 0. The van der Waals surface area contributed by atoms with E-state index in [2.05, 4.69) is 4.90 Å². The molecule has 2 saturated heterocycles. The van der Waals surface area contributed by atoms with Crippen LogP contribution in [0.15, 0.2) is 0 Å². The molecule has 3 aliphatic rings. The third kappa shape index (κ3) is 2.72. The van der Waals surface area contributed by atoms with Crippen LogP contribution in [-0.2, 0) is 14.6 Å². The molecule has 0 N–H and O–H groups in total. The maximum absolute atomic E-state index is 12.2. The first-order valence-corrected chi connectivity index (χ1v) is 9.62. The maximum Gasteiger partial charge on any atom is 0.228 e. The van der Waals surface area contributed by atoms with E-state index >= 15 is 0 Å². The zero-order valence-corrected chi connectivity index (χ0v) is 12.9. The Balaban J connectivity index is 1.43. The van der Waals surface area contributed by atoms with Crippen molar-refractivity contribution in [3.63, 3.8) is 0 Å². The Kier molecular flexibility index (Phi) is 3.79. The highest BCUT2D eigenvalue weighted by Crippen LogP contribution is 2.30. The molecule has 3 rings (SSSR count). The average molecular weight is 300 g/mol. The van der Waals surface area contributed by atoms with Gasteiger partial charge in [-0.1, -0.05) is 19.3 Å². The highest BCUT2D eigenvalue weighted by molar-refractivity contribution is 7.91. The monoisotopic (exact) mass is 300 g/mol. The van der Waals surface area contributed by atoms with Crippen molar-refractivity contribution in [1.29, 1.82) is 0 Å². The first-order valence-electron chi connectivity index (χ1n) is 7.67. The Bertz CT molecular complexity index is 473. The molecule has 114 valence electrons. The number of amides is 1. The van der Waals surface area contributed by atoms with Crippen LogP contribution >= 0.6 is 0 Å². The number of sulfone groups is 1. The fourth-order valence-corrected chi connectivity index (χ4v) is 4.46. The summed E-state index contributed by atoms with van der Waals surface area (Å²) < 4.78 is 22.7. The molecule has 0 aromatic rings. The lowest BCUT2D eigenvalue weighted by atomic mass is 9.88. The van der Waals surface area contributed by atoms with E-state index in [-0.39, 0.29) is 17.1 Å². The van der Waals surface area contributed by atoms with E-state index in [1.54, 1.807) is 4.90 Å². The molecule has 2 aliphatic heterocycles. The smallest absolute Gasteiger partial charge is 0.228 e. The number of hydrogen-bond acceptors (Lipinski definition) is 4. The number of carbonyl (C=O) groups excluding carboxylic acids is 1. The van der Waals surface area contributed by atoms with Crippen molar-refractivity contribution in [2.24, 2.45) is 5.92 Å². The van der Waals surface area contributed by atoms with E-state index in [1.807, 2.05) is 0 Å². The Hall–Kier alpha value is -0.620. The van der Waals surface area contributed by atoms with Crippen molar-refractivity contribution < 1.29 is 13.2 Å². The molecule has 6 heteroatoms. The molecule has 20 heavy (non-hydrogen) atoms. The van der Waals surface area contributed by atoms with Gasteiger partial charge in [0.1, 0.15) is 0 Å². The standard InChI is InChI=1S/C14H24N2O3S/c1-20(18,19)13-9-16(10-13)14(17)11-7-15(8-11)12-5-3-2-4-6-12/h11-13H,2-10H2,1H3. The molecule has 0 bridgehead atoms. The van der Waals surface area contributed by atoms with Gasteiger partial charge in [-0.05, 0) is 12.8 Å². The van der Waals surface area contributed by atoms with Gasteiger partial charge in [0, 0.05) is 38.5 Å². The first-order chi connectivity index (χ1) is 9.45. The molecule has 1 aliphatic carbocycles. The zero-order chi connectivity index (χ0) is 14.3. The minimum atomic E-state index is -2.98. The van der Waals surface area contributed by atoms with Gasteiger partial charge in [0.05, 0.1) is 11.2 Å². The van der Waals surface area contributed by atoms with Crippen molar-refractivity contribution in [3.8, 4) is 0 Å². The van der Waals surface area contributed by atoms with Gasteiger partial charge in [0.15, 0.2) is 9.84 Å². The van der Waals surface area contributed by atoms with E-state index < -0.39 is 9.84 Å². The van der Waals surface area contributed by atoms with Crippen LogP contribution in [0.25, 0.3) is 0 Å². The normalized spacial score (nSPS) is 27.1. The van der Waals surface area contributed by atoms with Crippen LogP contribution in [0.2, 0.25) is 0 Å². The second kappa shape index (κ2) is 5.30. The van der Waals surface area contributed by atoms with Crippen LogP contribution in [0, 0.1) is 5.92 Å². The fourth-order valence-electron chi connectivity index (χ4n) is 3.56. The van der Waals surface area contributed by atoms with Crippen LogP contribution < -0.4 is 0 Å². The number of carbonyl (C=O) groups is 1. The Morgan fingerprint density at radius 1 is 1.00 bits per heavy atom. The molecular formula is C14H24N2O3S. The lowest BCUT2D eigenvalue weighted by Gasteiger charge is -2.48. The molecule has 1 amide bonds. The van der Waals surface area contributed by atoms with Crippen molar-refractivity contribution in [3.05, 3.63) is 0 Å². The number of likely N-dealkylation sites (tertiary alicyclic amines) is 2. The summed E-state index contributed by atoms with van der Waals surface area (Å²) in [4.78, 5) is 16.4. The summed E-state index contributed by atoms with van der Waals surface area (Å²) in [5, 5.41) is -0.332. The van der Waals surface area contributed by atoms with Gasteiger partial charge in [-0.3, -0.25) is 9.69 Å². The van der Waals surface area contributed by atoms with E-state index in [0.717, 1.165) is 13.1 Å². The highest BCUT2D eigenvalue weighted by Gasteiger charge is 2.44. The van der Waals surface area contributed by atoms with Crippen LogP contribution in [0.3, 0.4) is 0 Å². The second-order valence-corrected chi connectivity index (χ2v) is 8.96. The van der Waals surface area contributed by atoms with E-state index in [9.17, 15) is 13.2 Å². The Morgan fingerprint density at radius 3 is 2.15 bits per heavy atom. The lowest BCUT2D eigenvalue weighted by Crippen LogP contribution is -2.63. The van der Waals surface area contributed by atoms with Gasteiger partial charge in [-0.2, -0.15) is 0 Å². The van der Waals surface area contributed by atoms with Crippen LogP contribution in [0.5, 0.6) is 0 Å². The van der Waals surface area contributed by atoms with Crippen molar-refractivity contribution in [2.45, 2.75) is 43.4 Å². The van der Waals surface area contributed by atoms with E-state index in [4.69, 9.17) is 0 Å². The minimum Gasteiger partial charge on any atom is -0.340 e. The SMILES string of the molecule is CS(=O)(=O)C1CN(C(=O)C2CN(C3CCCCC3)C2)C1. The Morgan fingerprint density at radius 2 is 1.60 bits per heavy atom. The number of rotatable bonds is 3. The maximum atomic E-state index is 12.2. The van der Waals surface area contributed by atoms with E-state index in [1.165, 1.54) is 38.4 Å². The number of hydrogen-bond donors (Lipinski definition) is 0. The molecular weight excluding hydrogens is 276 g/mol. The molecule has 2 heterocycles. The van der Waals surface area contributed by atoms with Crippen molar-refractivity contribution in [2.75, 3.05) is 32.4 Å².